The van der Waals surface area contributed by atoms with Crippen LogP contribution in [0.5, 0.6) is 0 Å². The SMILES string of the molecule is Cn1nnc(C(Cl)(Cl)Cl)c1C(C)(C)C. The van der Waals surface area contributed by atoms with Crippen LogP contribution in [0.1, 0.15) is 32.2 Å². The molecule has 0 spiro atoms. The summed E-state index contributed by atoms with van der Waals surface area (Å²) in [7, 11) is 1.79. The van der Waals surface area contributed by atoms with E-state index in [9.17, 15) is 0 Å². The maximum absolute atomic E-state index is 5.80. The van der Waals surface area contributed by atoms with Crippen LogP contribution >= 0.6 is 34.8 Å². The van der Waals surface area contributed by atoms with Crippen LogP contribution in [0.25, 0.3) is 0 Å². The van der Waals surface area contributed by atoms with Crippen LogP contribution in [-0.4, -0.2) is 15.0 Å². The zero-order valence-corrected chi connectivity index (χ0v) is 10.7. The van der Waals surface area contributed by atoms with E-state index in [1.54, 1.807) is 11.7 Å². The zero-order valence-electron chi connectivity index (χ0n) is 8.48. The summed E-state index contributed by atoms with van der Waals surface area (Å²) in [6.07, 6.45) is 0. The van der Waals surface area contributed by atoms with Crippen LogP contribution in [0.3, 0.4) is 0 Å². The first-order valence-electron chi connectivity index (χ1n) is 4.11. The van der Waals surface area contributed by atoms with Gasteiger partial charge in [0.15, 0.2) is 0 Å². The van der Waals surface area contributed by atoms with E-state index in [-0.39, 0.29) is 5.41 Å². The molecule has 0 aliphatic rings. The number of aromatic nitrogens is 3. The highest BCUT2D eigenvalue weighted by molar-refractivity contribution is 6.66. The van der Waals surface area contributed by atoms with Gasteiger partial charge in [0, 0.05) is 12.5 Å². The largest absolute Gasteiger partial charge is 0.251 e. The van der Waals surface area contributed by atoms with Crippen molar-refractivity contribution in [1.29, 1.82) is 0 Å². The Balaban J connectivity index is 3.35. The Bertz CT molecular complexity index is 333. The first kappa shape index (κ1) is 12.1. The average Bonchev–Trinajstić information content (AvgIpc) is 2.27. The highest BCUT2D eigenvalue weighted by Gasteiger charge is 2.35. The van der Waals surface area contributed by atoms with Crippen LogP contribution in [-0.2, 0) is 16.3 Å². The number of nitrogens with zero attached hydrogens (tertiary/aromatic N) is 3. The Morgan fingerprint density at radius 1 is 1.14 bits per heavy atom. The van der Waals surface area contributed by atoms with Gasteiger partial charge in [-0.3, -0.25) is 4.68 Å². The molecule has 80 valence electrons. The van der Waals surface area contributed by atoms with Gasteiger partial charge < -0.3 is 0 Å². The topological polar surface area (TPSA) is 30.7 Å². The fourth-order valence-electron chi connectivity index (χ4n) is 1.39. The summed E-state index contributed by atoms with van der Waals surface area (Å²) in [5.74, 6) is 0. The fraction of sp³-hybridized carbons (Fsp3) is 0.750. The molecule has 0 N–H and O–H groups in total. The third-order valence-corrected chi connectivity index (χ3v) is 2.34. The van der Waals surface area contributed by atoms with Gasteiger partial charge in [-0.15, -0.1) is 5.10 Å². The van der Waals surface area contributed by atoms with Crippen molar-refractivity contribution >= 4 is 34.8 Å². The second-order valence-electron chi connectivity index (χ2n) is 4.16. The van der Waals surface area contributed by atoms with Crippen molar-refractivity contribution in [1.82, 2.24) is 15.0 Å². The van der Waals surface area contributed by atoms with Crippen LogP contribution < -0.4 is 0 Å². The summed E-state index contributed by atoms with van der Waals surface area (Å²) in [5, 5.41) is 7.73. The van der Waals surface area contributed by atoms with E-state index >= 15 is 0 Å². The van der Waals surface area contributed by atoms with Crippen molar-refractivity contribution < 1.29 is 0 Å². The molecule has 0 saturated carbocycles. The number of aryl methyl sites for hydroxylation is 1. The minimum atomic E-state index is -1.52. The molecule has 0 bridgehead atoms. The lowest BCUT2D eigenvalue weighted by Crippen LogP contribution is -2.21. The van der Waals surface area contributed by atoms with Gasteiger partial charge in [-0.25, -0.2) is 0 Å². The van der Waals surface area contributed by atoms with E-state index in [2.05, 4.69) is 10.3 Å². The molecule has 3 nitrogen and oxygen atoms in total. The average molecular weight is 257 g/mol. The standard InChI is InChI=1S/C8H12Cl3N3/c1-7(2,3)6-5(8(9,10)11)12-13-14(6)4/h1-4H3. The fourth-order valence-corrected chi connectivity index (χ4v) is 1.77. The number of alkyl halides is 3. The van der Waals surface area contributed by atoms with E-state index < -0.39 is 3.79 Å². The lowest BCUT2D eigenvalue weighted by atomic mass is 9.90. The van der Waals surface area contributed by atoms with Gasteiger partial charge >= 0.3 is 0 Å². The van der Waals surface area contributed by atoms with E-state index in [0.717, 1.165) is 5.69 Å². The maximum Gasteiger partial charge on any atom is 0.236 e. The summed E-state index contributed by atoms with van der Waals surface area (Å²) < 4.78 is 0.119. The van der Waals surface area contributed by atoms with Gasteiger partial charge in [0.25, 0.3) is 0 Å². The molecule has 0 saturated heterocycles. The van der Waals surface area contributed by atoms with Gasteiger partial charge in [0.1, 0.15) is 5.69 Å². The Labute approximate surface area is 98.3 Å². The Morgan fingerprint density at radius 2 is 1.64 bits per heavy atom. The van der Waals surface area contributed by atoms with E-state index in [1.165, 1.54) is 0 Å². The van der Waals surface area contributed by atoms with Crippen molar-refractivity contribution in [2.75, 3.05) is 0 Å². The van der Waals surface area contributed by atoms with E-state index in [1.807, 2.05) is 20.8 Å². The summed E-state index contributed by atoms with van der Waals surface area (Å²) in [4.78, 5) is 0. The van der Waals surface area contributed by atoms with Crippen LogP contribution in [0.4, 0.5) is 0 Å². The first-order valence-corrected chi connectivity index (χ1v) is 5.25. The molecule has 0 aromatic carbocycles. The number of hydrogen-bond acceptors (Lipinski definition) is 2. The van der Waals surface area contributed by atoms with Crippen LogP contribution in [0.15, 0.2) is 0 Å². The Hall–Kier alpha value is 0.01000. The third kappa shape index (κ3) is 2.33. The van der Waals surface area contributed by atoms with Crippen molar-refractivity contribution in [2.24, 2.45) is 7.05 Å². The van der Waals surface area contributed by atoms with Crippen LogP contribution in [0, 0.1) is 0 Å². The number of halogens is 3. The molecule has 0 amide bonds. The molecule has 0 atom stereocenters. The minimum Gasteiger partial charge on any atom is -0.251 e. The van der Waals surface area contributed by atoms with Crippen LogP contribution in [0.2, 0.25) is 0 Å². The molecule has 6 heteroatoms. The van der Waals surface area contributed by atoms with Crippen molar-refractivity contribution in [3.63, 3.8) is 0 Å². The van der Waals surface area contributed by atoms with Gasteiger partial charge in [-0.1, -0.05) is 60.8 Å². The van der Waals surface area contributed by atoms with Gasteiger partial charge in [-0.05, 0) is 0 Å². The molecule has 0 aliphatic heterocycles. The molecule has 0 fully saturated rings. The second-order valence-corrected chi connectivity index (χ2v) is 6.44. The molecule has 1 rings (SSSR count). The van der Waals surface area contributed by atoms with Gasteiger partial charge in [-0.2, -0.15) is 0 Å². The molecule has 1 heterocycles. The first-order chi connectivity index (χ1) is 6.14. The normalized spacial score (nSPS) is 13.4. The minimum absolute atomic E-state index is 0.155. The highest BCUT2D eigenvalue weighted by Crippen LogP contribution is 2.41. The maximum atomic E-state index is 5.80. The predicted molar refractivity (Wildman–Crippen MR) is 58.9 cm³/mol. The predicted octanol–water partition coefficient (Wildman–Crippen LogP) is 2.94. The highest BCUT2D eigenvalue weighted by atomic mass is 35.6. The number of hydrogen-bond donors (Lipinski definition) is 0. The zero-order chi connectivity index (χ0) is 11.1. The summed E-state index contributed by atoms with van der Waals surface area (Å²) in [6.45, 7) is 6.06. The smallest absolute Gasteiger partial charge is 0.236 e. The van der Waals surface area contributed by atoms with Crippen molar-refractivity contribution in [2.45, 2.75) is 30.0 Å². The summed E-state index contributed by atoms with van der Waals surface area (Å²) in [6, 6.07) is 0. The molecule has 1 aromatic rings. The molecule has 14 heavy (non-hydrogen) atoms. The molecular weight excluding hydrogens is 244 g/mol. The lowest BCUT2D eigenvalue weighted by Gasteiger charge is -2.21. The summed E-state index contributed by atoms with van der Waals surface area (Å²) in [5.41, 5.74) is 1.08. The quantitative estimate of drug-likeness (QED) is 0.668. The Morgan fingerprint density at radius 3 is 1.93 bits per heavy atom. The second kappa shape index (κ2) is 3.54. The lowest BCUT2D eigenvalue weighted by molar-refractivity contribution is 0.517. The third-order valence-electron chi connectivity index (χ3n) is 1.81. The molecule has 0 aliphatic carbocycles. The molecule has 0 unspecified atom stereocenters. The van der Waals surface area contributed by atoms with Gasteiger partial charge in [0.05, 0.1) is 5.69 Å². The van der Waals surface area contributed by atoms with E-state index in [4.69, 9.17) is 34.8 Å². The summed E-state index contributed by atoms with van der Waals surface area (Å²) >= 11 is 17.4. The molecule has 0 radical (unpaired) electrons. The van der Waals surface area contributed by atoms with Gasteiger partial charge in [0.2, 0.25) is 3.79 Å². The number of rotatable bonds is 0. The molecular formula is C8H12Cl3N3. The van der Waals surface area contributed by atoms with Crippen molar-refractivity contribution in [3.8, 4) is 0 Å². The monoisotopic (exact) mass is 255 g/mol. The van der Waals surface area contributed by atoms with Crippen molar-refractivity contribution in [3.05, 3.63) is 11.4 Å². The Kier molecular flexibility index (Phi) is 3.06. The van der Waals surface area contributed by atoms with E-state index in [0.29, 0.717) is 5.69 Å². The molecule has 1 aromatic heterocycles.